The van der Waals surface area contributed by atoms with Crippen molar-refractivity contribution in [1.29, 1.82) is 0 Å². The first-order valence-corrected chi connectivity index (χ1v) is 7.87. The van der Waals surface area contributed by atoms with E-state index in [0.29, 0.717) is 36.5 Å². The molecule has 1 heterocycles. The highest BCUT2D eigenvalue weighted by Crippen LogP contribution is 2.26. The molecule has 0 bridgehead atoms. The second-order valence-corrected chi connectivity index (χ2v) is 5.47. The van der Waals surface area contributed by atoms with Crippen molar-refractivity contribution in [3.8, 4) is 5.75 Å². The SMILES string of the molecule is CCc1nc(C(N)=O)c(Nc2cc(CCN)cc(OC)c2)nc1Cl. The Balaban J connectivity index is 2.45. The molecule has 2 aromatic rings. The van der Waals surface area contributed by atoms with Crippen LogP contribution in [0, 0.1) is 0 Å². The molecule has 1 aromatic carbocycles. The van der Waals surface area contributed by atoms with Crippen LogP contribution in [0.1, 0.15) is 28.7 Å². The van der Waals surface area contributed by atoms with Crippen LogP contribution in [0.25, 0.3) is 0 Å². The number of nitrogens with zero attached hydrogens (tertiary/aromatic N) is 2. The van der Waals surface area contributed by atoms with Gasteiger partial charge in [-0.15, -0.1) is 0 Å². The predicted molar refractivity (Wildman–Crippen MR) is 94.0 cm³/mol. The molecule has 0 fully saturated rings. The maximum Gasteiger partial charge on any atom is 0.271 e. The van der Waals surface area contributed by atoms with Gasteiger partial charge in [-0.1, -0.05) is 18.5 Å². The van der Waals surface area contributed by atoms with Gasteiger partial charge in [0.05, 0.1) is 12.8 Å². The lowest BCUT2D eigenvalue weighted by Crippen LogP contribution is -2.18. The number of primary amides is 1. The summed E-state index contributed by atoms with van der Waals surface area (Å²) in [6, 6.07) is 5.56. The number of methoxy groups -OCH3 is 1. The first-order valence-electron chi connectivity index (χ1n) is 7.49. The summed E-state index contributed by atoms with van der Waals surface area (Å²) in [5, 5.41) is 3.27. The van der Waals surface area contributed by atoms with Crippen molar-refractivity contribution in [2.45, 2.75) is 19.8 Å². The van der Waals surface area contributed by atoms with Crippen molar-refractivity contribution < 1.29 is 9.53 Å². The van der Waals surface area contributed by atoms with Crippen molar-refractivity contribution in [3.63, 3.8) is 0 Å². The fourth-order valence-corrected chi connectivity index (χ4v) is 2.49. The molecule has 5 N–H and O–H groups in total. The number of halogens is 1. The van der Waals surface area contributed by atoms with Crippen LogP contribution in [-0.2, 0) is 12.8 Å². The van der Waals surface area contributed by atoms with Crippen LogP contribution in [-0.4, -0.2) is 29.5 Å². The van der Waals surface area contributed by atoms with Gasteiger partial charge in [-0.25, -0.2) is 9.97 Å². The highest BCUT2D eigenvalue weighted by molar-refractivity contribution is 6.30. The van der Waals surface area contributed by atoms with Gasteiger partial charge in [0.25, 0.3) is 5.91 Å². The van der Waals surface area contributed by atoms with Crippen LogP contribution >= 0.6 is 11.6 Å². The topological polar surface area (TPSA) is 116 Å². The van der Waals surface area contributed by atoms with Crippen LogP contribution in [0.5, 0.6) is 5.75 Å². The van der Waals surface area contributed by atoms with Crippen LogP contribution < -0.4 is 21.5 Å². The number of aromatic nitrogens is 2. The molecule has 0 aliphatic carbocycles. The van der Waals surface area contributed by atoms with E-state index in [1.54, 1.807) is 13.2 Å². The number of amides is 1. The average Bonchev–Trinajstić information content (AvgIpc) is 2.54. The minimum absolute atomic E-state index is 0.0412. The zero-order valence-corrected chi connectivity index (χ0v) is 14.4. The lowest BCUT2D eigenvalue weighted by Gasteiger charge is -2.13. The van der Waals surface area contributed by atoms with Crippen LogP contribution in [0.4, 0.5) is 11.5 Å². The molecule has 0 saturated heterocycles. The highest BCUT2D eigenvalue weighted by atomic mass is 35.5. The molecule has 0 radical (unpaired) electrons. The maximum absolute atomic E-state index is 11.7. The smallest absolute Gasteiger partial charge is 0.271 e. The number of benzene rings is 1. The Kier molecular flexibility index (Phi) is 5.94. The van der Waals surface area contributed by atoms with Crippen molar-refractivity contribution in [1.82, 2.24) is 9.97 Å². The number of nitrogens with two attached hydrogens (primary N) is 2. The van der Waals surface area contributed by atoms with E-state index in [1.807, 2.05) is 19.1 Å². The average molecular weight is 350 g/mol. The monoisotopic (exact) mass is 349 g/mol. The van der Waals surface area contributed by atoms with Gasteiger partial charge in [0.15, 0.2) is 16.7 Å². The quantitative estimate of drug-likeness (QED) is 0.704. The summed E-state index contributed by atoms with van der Waals surface area (Å²) in [6.45, 7) is 2.38. The van der Waals surface area contributed by atoms with Crippen molar-refractivity contribution in [2.75, 3.05) is 19.0 Å². The van der Waals surface area contributed by atoms with Gasteiger partial charge in [-0.2, -0.15) is 0 Å². The molecule has 7 nitrogen and oxygen atoms in total. The molecule has 0 aliphatic rings. The molecule has 1 aromatic heterocycles. The Morgan fingerprint density at radius 3 is 2.67 bits per heavy atom. The highest BCUT2D eigenvalue weighted by Gasteiger charge is 2.16. The lowest BCUT2D eigenvalue weighted by atomic mass is 10.1. The molecule has 0 saturated carbocycles. The molecule has 0 spiro atoms. The van der Waals surface area contributed by atoms with E-state index in [-0.39, 0.29) is 16.7 Å². The lowest BCUT2D eigenvalue weighted by molar-refractivity contribution is 0.0996. The van der Waals surface area contributed by atoms with Gasteiger partial charge in [-0.3, -0.25) is 4.79 Å². The van der Waals surface area contributed by atoms with Crippen LogP contribution in [0.15, 0.2) is 18.2 Å². The minimum Gasteiger partial charge on any atom is -0.497 e. The van der Waals surface area contributed by atoms with Crippen molar-refractivity contribution in [2.24, 2.45) is 11.5 Å². The van der Waals surface area contributed by atoms with Crippen molar-refractivity contribution in [3.05, 3.63) is 40.3 Å². The molecule has 0 unspecified atom stereocenters. The molecular formula is C16H20ClN5O2. The first kappa shape index (κ1) is 18.0. The molecular weight excluding hydrogens is 330 g/mol. The third-order valence-corrected chi connectivity index (χ3v) is 3.69. The second kappa shape index (κ2) is 7.94. The molecule has 128 valence electrons. The fraction of sp³-hybridized carbons (Fsp3) is 0.312. The Hall–Kier alpha value is -2.38. The van der Waals surface area contributed by atoms with E-state index in [4.69, 9.17) is 27.8 Å². The third kappa shape index (κ3) is 4.12. The minimum atomic E-state index is -0.679. The summed E-state index contributed by atoms with van der Waals surface area (Å²) in [5.41, 5.74) is 13.2. The number of ether oxygens (including phenoxy) is 1. The molecule has 0 atom stereocenters. The molecule has 0 aliphatic heterocycles. The number of anilines is 2. The van der Waals surface area contributed by atoms with E-state index < -0.39 is 5.91 Å². The number of rotatable bonds is 7. The van der Waals surface area contributed by atoms with Crippen molar-refractivity contribution >= 4 is 29.0 Å². The molecule has 24 heavy (non-hydrogen) atoms. The number of nitrogens with one attached hydrogen (secondary N) is 1. The third-order valence-electron chi connectivity index (χ3n) is 3.39. The first-order chi connectivity index (χ1) is 11.5. The summed E-state index contributed by atoms with van der Waals surface area (Å²) < 4.78 is 5.28. The summed E-state index contributed by atoms with van der Waals surface area (Å²) in [6.07, 6.45) is 1.24. The van der Waals surface area contributed by atoms with Crippen LogP contribution in [0.2, 0.25) is 5.15 Å². The summed E-state index contributed by atoms with van der Waals surface area (Å²) >= 11 is 6.11. The van der Waals surface area contributed by atoms with E-state index in [0.717, 1.165) is 5.56 Å². The number of carbonyl (C=O) groups is 1. The van der Waals surface area contributed by atoms with E-state index in [9.17, 15) is 4.79 Å². The summed E-state index contributed by atoms with van der Waals surface area (Å²) in [4.78, 5) is 20.1. The van der Waals surface area contributed by atoms with E-state index >= 15 is 0 Å². The summed E-state index contributed by atoms with van der Waals surface area (Å²) in [5.74, 6) is 0.186. The Morgan fingerprint density at radius 2 is 2.08 bits per heavy atom. The Morgan fingerprint density at radius 1 is 1.33 bits per heavy atom. The number of carbonyl (C=O) groups excluding carboxylic acids is 1. The Bertz CT molecular complexity index is 751. The zero-order chi connectivity index (χ0) is 17.7. The van der Waals surface area contributed by atoms with Gasteiger partial charge in [0.1, 0.15) is 5.75 Å². The normalized spacial score (nSPS) is 10.5. The van der Waals surface area contributed by atoms with Gasteiger partial charge >= 0.3 is 0 Å². The fourth-order valence-electron chi connectivity index (χ4n) is 2.23. The van der Waals surface area contributed by atoms with Gasteiger partial charge in [-0.05, 0) is 37.1 Å². The van der Waals surface area contributed by atoms with E-state index in [2.05, 4.69) is 15.3 Å². The standard InChI is InChI=1S/C16H20ClN5O2/c1-3-12-14(17)22-16(13(21-12)15(19)23)20-10-6-9(4-5-18)7-11(8-10)24-2/h6-8H,3-5,18H2,1-2H3,(H2,19,23)(H,20,22). The number of aryl methyl sites for hydroxylation is 1. The number of hydrogen-bond acceptors (Lipinski definition) is 6. The van der Waals surface area contributed by atoms with Gasteiger partial charge in [0, 0.05) is 11.8 Å². The van der Waals surface area contributed by atoms with Gasteiger partial charge in [0.2, 0.25) is 0 Å². The Labute approximate surface area is 145 Å². The number of hydrogen-bond donors (Lipinski definition) is 3. The predicted octanol–water partition coefficient (Wildman–Crippen LogP) is 2.04. The maximum atomic E-state index is 11.7. The van der Waals surface area contributed by atoms with E-state index in [1.165, 1.54) is 0 Å². The second-order valence-electron chi connectivity index (χ2n) is 5.11. The van der Waals surface area contributed by atoms with Gasteiger partial charge < -0.3 is 21.5 Å². The molecule has 1 amide bonds. The summed E-state index contributed by atoms with van der Waals surface area (Å²) in [7, 11) is 1.58. The van der Waals surface area contributed by atoms with Crippen LogP contribution in [0.3, 0.4) is 0 Å². The zero-order valence-electron chi connectivity index (χ0n) is 13.6. The molecule has 2 rings (SSSR count). The molecule has 8 heteroatoms. The largest absolute Gasteiger partial charge is 0.497 e.